The minimum Gasteiger partial charge on any atom is -0.274 e. The zero-order valence-corrected chi connectivity index (χ0v) is 16.6. The lowest BCUT2D eigenvalue weighted by Gasteiger charge is -2.18. The van der Waals surface area contributed by atoms with Crippen LogP contribution in [-0.2, 0) is 19.6 Å². The molecule has 0 unspecified atom stereocenters. The zero-order chi connectivity index (χ0) is 20.2. The van der Waals surface area contributed by atoms with Crippen molar-refractivity contribution in [2.45, 2.75) is 49.0 Å². The Morgan fingerprint density at radius 2 is 1.66 bits per heavy atom. The maximum Gasteiger partial charge on any atom is 0.243 e. The largest absolute Gasteiger partial charge is 0.274 e. The van der Waals surface area contributed by atoms with E-state index in [0.717, 1.165) is 23.4 Å². The van der Waals surface area contributed by atoms with Crippen molar-refractivity contribution in [1.82, 2.24) is 19.3 Å². The third kappa shape index (κ3) is 3.25. The van der Waals surface area contributed by atoms with Crippen molar-refractivity contribution in [1.29, 1.82) is 0 Å². The van der Waals surface area contributed by atoms with E-state index in [1.54, 1.807) is 4.68 Å². The van der Waals surface area contributed by atoms with Crippen LogP contribution in [-0.4, -0.2) is 52.6 Å². The van der Waals surface area contributed by atoms with Crippen molar-refractivity contribution < 1.29 is 18.0 Å². The number of amides is 2. The van der Waals surface area contributed by atoms with Crippen LogP contribution < -0.4 is 4.90 Å². The maximum absolute atomic E-state index is 13.0. The second kappa shape index (κ2) is 6.74. The Morgan fingerprint density at radius 3 is 2.31 bits per heavy atom. The Kier molecular flexibility index (Phi) is 4.28. The first-order chi connectivity index (χ1) is 13.9. The quantitative estimate of drug-likeness (QED) is 0.685. The topological polar surface area (TPSA) is 105 Å². The summed E-state index contributed by atoms with van der Waals surface area (Å²) in [5.74, 6) is -0.00402. The molecule has 9 nitrogen and oxygen atoms in total. The number of imide groups is 1. The van der Waals surface area contributed by atoms with E-state index in [0.29, 0.717) is 31.1 Å². The molecule has 0 radical (unpaired) electrons. The molecule has 0 spiro atoms. The molecular weight excluding hydrogens is 394 g/mol. The second-order valence-electron chi connectivity index (χ2n) is 7.82. The standard InChI is InChI=1S/C19H21N5O4S/c25-18-7-8-19(26)24(18)14-3-5-16(6-4-14)29(27,28)22-10-9-15(11-22)23-12-17(20-21-23)13-1-2-13/h3-6,12-13,15H,1-2,7-11H2/t15-/m0/s1. The molecule has 0 bridgehead atoms. The lowest BCUT2D eigenvalue weighted by Crippen LogP contribution is -2.30. The molecule has 1 aromatic heterocycles. The molecule has 1 aromatic carbocycles. The summed E-state index contributed by atoms with van der Waals surface area (Å²) in [6.45, 7) is 0.761. The van der Waals surface area contributed by atoms with Crippen LogP contribution in [0.25, 0.3) is 0 Å². The number of hydrogen-bond donors (Lipinski definition) is 0. The van der Waals surface area contributed by atoms with Gasteiger partial charge in [0.1, 0.15) is 0 Å². The molecule has 3 heterocycles. The molecule has 1 saturated carbocycles. The first-order valence-electron chi connectivity index (χ1n) is 9.81. The lowest BCUT2D eigenvalue weighted by atomic mass is 10.2. The summed E-state index contributed by atoms with van der Waals surface area (Å²) < 4.78 is 29.3. The van der Waals surface area contributed by atoms with Crippen LogP contribution in [0, 0.1) is 0 Å². The van der Waals surface area contributed by atoms with Gasteiger partial charge in [-0.15, -0.1) is 5.10 Å². The van der Waals surface area contributed by atoms with E-state index in [-0.39, 0.29) is 35.6 Å². The van der Waals surface area contributed by atoms with E-state index < -0.39 is 10.0 Å². The van der Waals surface area contributed by atoms with Gasteiger partial charge in [-0.1, -0.05) is 5.21 Å². The van der Waals surface area contributed by atoms with Gasteiger partial charge < -0.3 is 0 Å². The van der Waals surface area contributed by atoms with E-state index in [1.807, 2.05) is 6.20 Å². The highest BCUT2D eigenvalue weighted by molar-refractivity contribution is 7.89. The van der Waals surface area contributed by atoms with Gasteiger partial charge in [-0.3, -0.25) is 14.5 Å². The van der Waals surface area contributed by atoms with Gasteiger partial charge in [-0.05, 0) is 43.5 Å². The van der Waals surface area contributed by atoms with Gasteiger partial charge in [0.25, 0.3) is 0 Å². The highest BCUT2D eigenvalue weighted by atomic mass is 32.2. The third-order valence-corrected chi connectivity index (χ3v) is 7.69. The highest BCUT2D eigenvalue weighted by Gasteiger charge is 2.36. The molecule has 0 N–H and O–H groups in total. The molecule has 152 valence electrons. The molecule has 2 saturated heterocycles. The van der Waals surface area contributed by atoms with Crippen molar-refractivity contribution in [3.8, 4) is 0 Å². The molecule has 1 aliphatic carbocycles. The monoisotopic (exact) mass is 415 g/mol. The molecule has 5 rings (SSSR count). The fourth-order valence-corrected chi connectivity index (χ4v) is 5.45. The lowest BCUT2D eigenvalue weighted by molar-refractivity contribution is -0.121. The Morgan fingerprint density at radius 1 is 0.966 bits per heavy atom. The molecule has 1 atom stereocenters. The van der Waals surface area contributed by atoms with Crippen LogP contribution in [0.4, 0.5) is 5.69 Å². The van der Waals surface area contributed by atoms with Crippen molar-refractivity contribution in [2.24, 2.45) is 0 Å². The summed E-state index contributed by atoms with van der Waals surface area (Å²) in [5, 5.41) is 8.41. The van der Waals surface area contributed by atoms with Gasteiger partial charge in [0.2, 0.25) is 21.8 Å². The van der Waals surface area contributed by atoms with Crippen molar-refractivity contribution >= 4 is 27.5 Å². The number of anilines is 1. The summed E-state index contributed by atoms with van der Waals surface area (Å²) in [7, 11) is -3.66. The molecule has 3 fully saturated rings. The van der Waals surface area contributed by atoms with E-state index in [9.17, 15) is 18.0 Å². The Hall–Kier alpha value is -2.59. The van der Waals surface area contributed by atoms with Gasteiger partial charge in [0.15, 0.2) is 0 Å². The Bertz CT molecular complexity index is 1060. The van der Waals surface area contributed by atoms with E-state index in [1.165, 1.54) is 28.6 Å². The molecule has 10 heteroatoms. The first kappa shape index (κ1) is 18.4. The fourth-order valence-electron chi connectivity index (χ4n) is 3.96. The van der Waals surface area contributed by atoms with Crippen molar-refractivity contribution in [3.63, 3.8) is 0 Å². The highest BCUT2D eigenvalue weighted by Crippen LogP contribution is 2.39. The van der Waals surface area contributed by atoms with E-state index in [4.69, 9.17) is 0 Å². The predicted octanol–water partition coefficient (Wildman–Crippen LogP) is 1.44. The normalized spacial score (nSPS) is 23.3. The van der Waals surface area contributed by atoms with Crippen LogP contribution >= 0.6 is 0 Å². The van der Waals surface area contributed by atoms with Crippen LogP contribution in [0.3, 0.4) is 0 Å². The van der Waals surface area contributed by atoms with Crippen molar-refractivity contribution in [2.75, 3.05) is 18.0 Å². The smallest absolute Gasteiger partial charge is 0.243 e. The second-order valence-corrected chi connectivity index (χ2v) is 9.76. The minimum absolute atomic E-state index is 0.0242. The average Bonchev–Trinajstić information content (AvgIpc) is 3.11. The van der Waals surface area contributed by atoms with Crippen molar-refractivity contribution in [3.05, 3.63) is 36.2 Å². The number of benzene rings is 1. The maximum atomic E-state index is 13.0. The zero-order valence-electron chi connectivity index (χ0n) is 15.8. The summed E-state index contributed by atoms with van der Waals surface area (Å²) in [5.41, 5.74) is 1.40. The molecule has 2 aliphatic heterocycles. The van der Waals surface area contributed by atoms with Crippen LogP contribution in [0.5, 0.6) is 0 Å². The van der Waals surface area contributed by atoms with Gasteiger partial charge in [0, 0.05) is 38.0 Å². The van der Waals surface area contributed by atoms with Crippen LogP contribution in [0.2, 0.25) is 0 Å². The number of rotatable bonds is 5. The van der Waals surface area contributed by atoms with Gasteiger partial charge in [-0.2, -0.15) is 4.31 Å². The predicted molar refractivity (Wildman–Crippen MR) is 103 cm³/mol. The summed E-state index contributed by atoms with van der Waals surface area (Å²) >= 11 is 0. The van der Waals surface area contributed by atoms with Crippen LogP contribution in [0.15, 0.2) is 35.4 Å². The summed E-state index contributed by atoms with van der Waals surface area (Å²) in [6.07, 6.45) is 5.30. The van der Waals surface area contributed by atoms with Gasteiger partial charge >= 0.3 is 0 Å². The Labute approximate surface area is 168 Å². The molecule has 2 amide bonds. The Balaban J connectivity index is 1.31. The average molecular weight is 415 g/mol. The fraction of sp³-hybridized carbons (Fsp3) is 0.474. The molecular formula is C19H21N5O4S. The summed E-state index contributed by atoms with van der Waals surface area (Å²) in [4.78, 5) is 25.0. The number of carbonyl (C=O) groups excluding carboxylic acids is 2. The van der Waals surface area contributed by atoms with Crippen LogP contribution in [0.1, 0.15) is 49.8 Å². The van der Waals surface area contributed by atoms with E-state index >= 15 is 0 Å². The number of carbonyl (C=O) groups is 2. The van der Waals surface area contributed by atoms with E-state index in [2.05, 4.69) is 10.3 Å². The molecule has 3 aliphatic rings. The number of sulfonamides is 1. The number of hydrogen-bond acceptors (Lipinski definition) is 6. The third-order valence-electron chi connectivity index (χ3n) is 5.81. The summed E-state index contributed by atoms with van der Waals surface area (Å²) in [6, 6.07) is 5.92. The molecule has 29 heavy (non-hydrogen) atoms. The van der Waals surface area contributed by atoms with Gasteiger partial charge in [0.05, 0.1) is 22.3 Å². The first-order valence-corrected chi connectivity index (χ1v) is 11.3. The number of aromatic nitrogens is 3. The molecule has 2 aromatic rings. The number of nitrogens with zero attached hydrogens (tertiary/aromatic N) is 5. The van der Waals surface area contributed by atoms with Gasteiger partial charge in [-0.25, -0.2) is 13.1 Å². The minimum atomic E-state index is -3.66. The SMILES string of the molecule is O=C1CCC(=O)N1c1ccc(S(=O)(=O)N2CC[C@H](n3cc(C4CC4)nn3)C2)cc1.